The highest BCUT2D eigenvalue weighted by Crippen LogP contribution is 2.25. The van der Waals surface area contributed by atoms with Crippen molar-refractivity contribution >= 4 is 34.5 Å². The predicted octanol–water partition coefficient (Wildman–Crippen LogP) is 4.64. The minimum absolute atomic E-state index is 0.110. The first-order valence-electron chi connectivity index (χ1n) is 10.8. The van der Waals surface area contributed by atoms with Crippen LogP contribution in [0.1, 0.15) is 16.0 Å². The molecular formula is C25H21ClN4O4S. The summed E-state index contributed by atoms with van der Waals surface area (Å²) in [5.41, 5.74) is 1.61. The monoisotopic (exact) mass is 508 g/mol. The van der Waals surface area contributed by atoms with Crippen LogP contribution in [0.25, 0.3) is 11.1 Å². The number of amides is 1. The molecule has 0 fully saturated rings. The Kier molecular flexibility index (Phi) is 7.69. The van der Waals surface area contributed by atoms with E-state index in [2.05, 4.69) is 10.4 Å². The largest absolute Gasteiger partial charge is 0.351 e. The van der Waals surface area contributed by atoms with Crippen molar-refractivity contribution in [3.63, 3.8) is 0 Å². The number of rotatable bonds is 9. The van der Waals surface area contributed by atoms with Gasteiger partial charge < -0.3 is 5.32 Å². The second-order valence-electron chi connectivity index (χ2n) is 7.77. The number of carbonyl (C=O) groups excluding carboxylic acids is 1. The fraction of sp³-hybridized carbons (Fsp3) is 0.160. The van der Waals surface area contributed by atoms with Gasteiger partial charge in [0.2, 0.25) is 5.91 Å². The van der Waals surface area contributed by atoms with Crippen molar-refractivity contribution in [2.24, 2.45) is 0 Å². The standard InChI is InChI=1S/C25H21ClN4O4S/c26-23-10-9-20(35-23)15-27-24(31)14-21-22(18-7-4-8-19(13-18)30(33)34)16-28-29(25(21)32)12-11-17-5-2-1-3-6-17/h1-10,13,16H,11-12,14-15H2,(H,27,31). The van der Waals surface area contributed by atoms with Gasteiger partial charge in [-0.15, -0.1) is 11.3 Å². The number of hydrogen-bond donors (Lipinski definition) is 1. The highest BCUT2D eigenvalue weighted by Gasteiger charge is 2.18. The Morgan fingerprint density at radius 3 is 2.63 bits per heavy atom. The van der Waals surface area contributed by atoms with E-state index in [1.54, 1.807) is 18.2 Å². The van der Waals surface area contributed by atoms with Gasteiger partial charge in [-0.05, 0) is 29.7 Å². The van der Waals surface area contributed by atoms with Gasteiger partial charge in [-0.1, -0.05) is 54.1 Å². The van der Waals surface area contributed by atoms with Gasteiger partial charge >= 0.3 is 0 Å². The SMILES string of the molecule is O=C(Cc1c(-c2cccc([N+](=O)[O-])c2)cnn(CCc2ccccc2)c1=O)NCc1ccc(Cl)s1. The molecule has 8 nitrogen and oxygen atoms in total. The number of carbonyl (C=O) groups is 1. The van der Waals surface area contributed by atoms with E-state index in [0.717, 1.165) is 10.4 Å². The molecule has 1 amide bonds. The molecule has 0 unspecified atom stereocenters. The van der Waals surface area contributed by atoms with Gasteiger partial charge in [-0.25, -0.2) is 4.68 Å². The van der Waals surface area contributed by atoms with Crippen LogP contribution in [-0.4, -0.2) is 20.6 Å². The number of halogens is 1. The van der Waals surface area contributed by atoms with Gasteiger partial charge in [-0.3, -0.25) is 19.7 Å². The first kappa shape index (κ1) is 24.3. The molecule has 0 aliphatic carbocycles. The number of nitro benzene ring substituents is 1. The van der Waals surface area contributed by atoms with Crippen molar-refractivity contribution in [2.75, 3.05) is 0 Å². The van der Waals surface area contributed by atoms with Gasteiger partial charge in [-0.2, -0.15) is 5.10 Å². The van der Waals surface area contributed by atoms with Crippen LogP contribution in [0.5, 0.6) is 0 Å². The number of non-ortho nitro benzene ring substituents is 1. The molecule has 0 aliphatic rings. The number of aryl methyl sites for hydroxylation is 2. The van der Waals surface area contributed by atoms with Crippen LogP contribution in [0.2, 0.25) is 4.34 Å². The third kappa shape index (κ3) is 6.20. The minimum Gasteiger partial charge on any atom is -0.351 e. The van der Waals surface area contributed by atoms with Gasteiger partial charge in [0.15, 0.2) is 0 Å². The first-order chi connectivity index (χ1) is 16.9. The van der Waals surface area contributed by atoms with Crippen LogP contribution in [0.15, 0.2) is 77.7 Å². The minimum atomic E-state index is -0.503. The van der Waals surface area contributed by atoms with Crippen LogP contribution >= 0.6 is 22.9 Å². The number of benzene rings is 2. The average Bonchev–Trinajstić information content (AvgIpc) is 3.29. The second-order valence-corrected chi connectivity index (χ2v) is 9.57. The molecule has 2 aromatic carbocycles. The Bertz CT molecular complexity index is 1420. The zero-order valence-electron chi connectivity index (χ0n) is 18.5. The molecule has 0 aliphatic heterocycles. The summed E-state index contributed by atoms with van der Waals surface area (Å²) >= 11 is 7.31. The topological polar surface area (TPSA) is 107 Å². The Morgan fingerprint density at radius 2 is 1.91 bits per heavy atom. The van der Waals surface area contributed by atoms with Crippen molar-refractivity contribution in [3.8, 4) is 11.1 Å². The van der Waals surface area contributed by atoms with E-state index in [9.17, 15) is 19.7 Å². The molecule has 1 N–H and O–H groups in total. The summed E-state index contributed by atoms with van der Waals surface area (Å²) in [5.74, 6) is -0.348. The molecule has 0 saturated heterocycles. The van der Waals surface area contributed by atoms with E-state index in [-0.39, 0.29) is 30.1 Å². The molecule has 35 heavy (non-hydrogen) atoms. The van der Waals surface area contributed by atoms with Crippen molar-refractivity contribution < 1.29 is 9.72 Å². The Morgan fingerprint density at radius 1 is 1.11 bits per heavy atom. The Labute approximate surface area is 210 Å². The zero-order chi connectivity index (χ0) is 24.8. The number of nitrogens with zero attached hydrogens (tertiary/aromatic N) is 3. The van der Waals surface area contributed by atoms with Crippen LogP contribution < -0.4 is 10.9 Å². The molecule has 0 bridgehead atoms. The van der Waals surface area contributed by atoms with E-state index >= 15 is 0 Å². The molecule has 4 aromatic rings. The van der Waals surface area contributed by atoms with Gasteiger partial charge in [0.1, 0.15) is 0 Å². The zero-order valence-corrected chi connectivity index (χ0v) is 20.1. The lowest BCUT2D eigenvalue weighted by molar-refractivity contribution is -0.384. The lowest BCUT2D eigenvalue weighted by atomic mass is 10.00. The highest BCUT2D eigenvalue weighted by atomic mass is 35.5. The third-order valence-electron chi connectivity index (χ3n) is 5.39. The Balaban J connectivity index is 1.63. The quantitative estimate of drug-likeness (QED) is 0.262. The molecule has 178 valence electrons. The maximum absolute atomic E-state index is 13.4. The summed E-state index contributed by atoms with van der Waals surface area (Å²) in [6, 6.07) is 19.2. The number of aromatic nitrogens is 2. The lowest BCUT2D eigenvalue weighted by Crippen LogP contribution is -2.32. The fourth-order valence-corrected chi connectivity index (χ4v) is 4.66. The number of thiophene rings is 1. The Hall–Kier alpha value is -3.82. The maximum Gasteiger partial charge on any atom is 0.271 e. The van der Waals surface area contributed by atoms with Crippen LogP contribution in [-0.2, 0) is 30.7 Å². The van der Waals surface area contributed by atoms with E-state index in [1.165, 1.54) is 34.3 Å². The molecule has 2 aromatic heterocycles. The van der Waals surface area contributed by atoms with E-state index in [0.29, 0.717) is 28.4 Å². The summed E-state index contributed by atoms with van der Waals surface area (Å²) in [6.45, 7) is 0.621. The van der Waals surface area contributed by atoms with E-state index in [4.69, 9.17) is 11.6 Å². The summed E-state index contributed by atoms with van der Waals surface area (Å²) in [5, 5.41) is 18.4. The molecule has 0 spiro atoms. The average molecular weight is 509 g/mol. The predicted molar refractivity (Wildman–Crippen MR) is 136 cm³/mol. The molecule has 0 radical (unpaired) electrons. The van der Waals surface area contributed by atoms with Crippen LogP contribution in [0, 0.1) is 10.1 Å². The number of hydrogen-bond acceptors (Lipinski definition) is 6. The molecule has 4 rings (SSSR count). The summed E-state index contributed by atoms with van der Waals surface area (Å²) in [4.78, 5) is 37.8. The van der Waals surface area contributed by atoms with Crippen LogP contribution in [0.4, 0.5) is 5.69 Å². The molecule has 2 heterocycles. The van der Waals surface area contributed by atoms with E-state index in [1.807, 2.05) is 36.4 Å². The van der Waals surface area contributed by atoms with Gasteiger partial charge in [0, 0.05) is 34.7 Å². The van der Waals surface area contributed by atoms with Crippen molar-refractivity contribution in [1.29, 1.82) is 0 Å². The van der Waals surface area contributed by atoms with Crippen molar-refractivity contribution in [2.45, 2.75) is 25.9 Å². The van der Waals surface area contributed by atoms with Crippen molar-refractivity contribution in [1.82, 2.24) is 15.1 Å². The first-order valence-corrected chi connectivity index (χ1v) is 12.0. The maximum atomic E-state index is 13.4. The molecule has 10 heteroatoms. The summed E-state index contributed by atoms with van der Waals surface area (Å²) < 4.78 is 1.95. The summed E-state index contributed by atoms with van der Waals surface area (Å²) in [6.07, 6.45) is 1.89. The van der Waals surface area contributed by atoms with E-state index < -0.39 is 10.5 Å². The smallest absolute Gasteiger partial charge is 0.271 e. The fourth-order valence-electron chi connectivity index (χ4n) is 3.63. The summed E-state index contributed by atoms with van der Waals surface area (Å²) in [7, 11) is 0. The normalized spacial score (nSPS) is 10.8. The lowest BCUT2D eigenvalue weighted by Gasteiger charge is -2.13. The second kappa shape index (κ2) is 11.1. The van der Waals surface area contributed by atoms with Crippen LogP contribution in [0.3, 0.4) is 0 Å². The molecular weight excluding hydrogens is 488 g/mol. The molecule has 0 saturated carbocycles. The third-order valence-corrected chi connectivity index (χ3v) is 6.62. The molecule has 0 atom stereocenters. The number of nitro groups is 1. The van der Waals surface area contributed by atoms with Gasteiger partial charge in [0.25, 0.3) is 11.2 Å². The number of nitrogens with one attached hydrogen (secondary N) is 1. The highest BCUT2D eigenvalue weighted by molar-refractivity contribution is 7.16. The van der Waals surface area contributed by atoms with Crippen molar-refractivity contribution in [3.05, 3.63) is 114 Å². The van der Waals surface area contributed by atoms with Gasteiger partial charge in [0.05, 0.1) is 28.4 Å².